The highest BCUT2D eigenvalue weighted by molar-refractivity contribution is 6.53. The van der Waals surface area contributed by atoms with Crippen LogP contribution in [0.1, 0.15) is 0 Å². The van der Waals surface area contributed by atoms with Crippen molar-refractivity contribution in [2.75, 3.05) is 0 Å². The van der Waals surface area contributed by atoms with Crippen molar-refractivity contribution in [2.24, 2.45) is 0 Å². The first-order valence-corrected chi connectivity index (χ1v) is 3.93. The van der Waals surface area contributed by atoms with Gasteiger partial charge in [-0.25, -0.2) is 0 Å². The van der Waals surface area contributed by atoms with E-state index < -0.39 is 0 Å². The number of hydrogen-bond acceptors (Lipinski definition) is 0. The van der Waals surface area contributed by atoms with Gasteiger partial charge in [0.15, 0.2) is 0 Å². The summed E-state index contributed by atoms with van der Waals surface area (Å²) in [5.41, 5.74) is 4.28. The first kappa shape index (κ1) is 4.15. The minimum Gasteiger partial charge on any atom is -0.0954 e. The van der Waals surface area contributed by atoms with Crippen molar-refractivity contribution in [2.45, 2.75) is 0 Å². The average molecular weight is 117 g/mol. The van der Waals surface area contributed by atoms with E-state index in [2.05, 4.69) is 11.4 Å². The summed E-state index contributed by atoms with van der Waals surface area (Å²) in [6.45, 7) is 0. The quantitative estimate of drug-likeness (QED) is 0.410. The Morgan fingerprint density at radius 1 is 1.67 bits per heavy atom. The van der Waals surface area contributed by atoms with Crippen LogP contribution in [0.2, 0.25) is 0 Å². The zero-order valence-electron chi connectivity index (χ0n) is 3.32. The fraction of sp³-hybridized carbons (Fsp3) is 0. The molecule has 0 aromatic carbocycles. The molecule has 32 valence electrons. The maximum absolute atomic E-state index is 5.52. The van der Waals surface area contributed by atoms with Gasteiger partial charge in [-0.05, 0) is 0 Å². The molecule has 0 aromatic heterocycles. The molecule has 1 aliphatic heterocycles. The van der Waals surface area contributed by atoms with E-state index in [1.165, 1.54) is 0 Å². The van der Waals surface area contributed by atoms with Gasteiger partial charge in [0.25, 0.3) is 0 Å². The van der Waals surface area contributed by atoms with Crippen LogP contribution < -0.4 is 0 Å². The largest absolute Gasteiger partial charge is 0.0954 e. The second kappa shape index (κ2) is 1.62. The summed E-state index contributed by atoms with van der Waals surface area (Å²) < 4.78 is 0. The van der Waals surface area contributed by atoms with Crippen LogP contribution in [-0.2, 0) is 0 Å². The van der Waals surface area contributed by atoms with Crippen molar-refractivity contribution >= 4 is 21.1 Å². The van der Waals surface area contributed by atoms with Crippen LogP contribution in [-0.4, -0.2) is 9.52 Å². The highest BCUT2D eigenvalue weighted by Gasteiger charge is 1.87. The zero-order chi connectivity index (χ0) is 4.41. The molecule has 0 radical (unpaired) electrons. The lowest BCUT2D eigenvalue weighted by Gasteiger charge is -1.69. The Bertz CT molecular complexity index is 101. The van der Waals surface area contributed by atoms with E-state index in [0.717, 1.165) is 5.03 Å². The Kier molecular flexibility index (Phi) is 1.12. The van der Waals surface area contributed by atoms with Gasteiger partial charge in [0.1, 0.15) is 0 Å². The maximum atomic E-state index is 5.52. The fourth-order valence-corrected chi connectivity index (χ4v) is 1.82. The van der Waals surface area contributed by atoms with Gasteiger partial charge < -0.3 is 0 Å². The number of hydrogen-bond donors (Lipinski definition) is 0. The Morgan fingerprint density at radius 3 is 2.67 bits per heavy atom. The normalized spacial score (nSPS) is 22.5. The molecule has 0 saturated carbocycles. The molecule has 1 aliphatic rings. The van der Waals surface area contributed by atoms with E-state index >= 15 is 0 Å². The molecule has 0 spiro atoms. The van der Waals surface area contributed by atoms with E-state index in [-0.39, 0.29) is 9.52 Å². The van der Waals surface area contributed by atoms with Gasteiger partial charge in [0.05, 0.1) is 9.52 Å². The van der Waals surface area contributed by atoms with Gasteiger partial charge in [-0.2, -0.15) is 0 Å². The first-order chi connectivity index (χ1) is 2.89. The Labute approximate surface area is 44.3 Å². The summed E-state index contributed by atoms with van der Waals surface area (Å²) in [4.78, 5) is 0. The zero-order valence-corrected chi connectivity index (χ0v) is 5.49. The predicted octanol–water partition coefficient (Wildman–Crippen LogP) is 0.763. The Balaban J connectivity index is 2.68. The summed E-state index contributed by atoms with van der Waals surface area (Å²) >= 11 is 5.52. The van der Waals surface area contributed by atoms with Crippen LogP contribution >= 0.6 is 11.6 Å². The van der Waals surface area contributed by atoms with Crippen molar-refractivity contribution in [3.8, 4) is 0 Å². The minimum absolute atomic E-state index is 0.0212. The lowest BCUT2D eigenvalue weighted by Crippen LogP contribution is -1.64. The fourth-order valence-electron chi connectivity index (χ4n) is 0.429. The van der Waals surface area contributed by atoms with E-state index in [0.29, 0.717) is 0 Å². The molecule has 1 heterocycles. The monoisotopic (exact) mass is 116 g/mol. The molecule has 0 aromatic rings. The van der Waals surface area contributed by atoms with E-state index in [1.54, 1.807) is 0 Å². The molecule has 0 aliphatic carbocycles. The third kappa shape index (κ3) is 0.729. The SMILES string of the molecule is ClC1=C[SiH2]C=C1. The molecular formula is C4H5ClSi. The molecule has 2 heteroatoms. The van der Waals surface area contributed by atoms with E-state index in [1.807, 2.05) is 6.08 Å². The molecule has 0 atom stereocenters. The number of rotatable bonds is 0. The predicted molar refractivity (Wildman–Crippen MR) is 31.6 cm³/mol. The molecule has 0 N–H and O–H groups in total. The van der Waals surface area contributed by atoms with Crippen LogP contribution in [0.5, 0.6) is 0 Å². The van der Waals surface area contributed by atoms with Gasteiger partial charge in [0, 0.05) is 5.03 Å². The van der Waals surface area contributed by atoms with Crippen LogP contribution in [0, 0.1) is 0 Å². The van der Waals surface area contributed by atoms with Gasteiger partial charge in [-0.15, -0.1) is 0 Å². The number of allylic oxidation sites excluding steroid dienone is 2. The molecule has 0 fully saturated rings. The molecule has 0 saturated heterocycles. The standard InChI is InChI=1S/C4H5ClSi/c5-4-1-2-6-3-4/h1-3H,6H2. The first-order valence-electron chi connectivity index (χ1n) is 1.92. The summed E-state index contributed by atoms with van der Waals surface area (Å²) in [6.07, 6.45) is 1.97. The van der Waals surface area contributed by atoms with Gasteiger partial charge in [0.2, 0.25) is 0 Å². The molecular weight excluding hydrogens is 112 g/mol. The molecule has 0 unspecified atom stereocenters. The molecule has 0 nitrogen and oxygen atoms in total. The van der Waals surface area contributed by atoms with E-state index in [4.69, 9.17) is 11.6 Å². The molecule has 1 rings (SSSR count). The van der Waals surface area contributed by atoms with E-state index in [9.17, 15) is 0 Å². The Morgan fingerprint density at radius 2 is 2.50 bits per heavy atom. The summed E-state index contributed by atoms with van der Waals surface area (Å²) in [5, 5.41) is 0.932. The second-order valence-electron chi connectivity index (χ2n) is 1.23. The number of halogens is 1. The lowest BCUT2D eigenvalue weighted by atomic mass is 10.6. The lowest BCUT2D eigenvalue weighted by molar-refractivity contribution is 2.04. The van der Waals surface area contributed by atoms with Crippen LogP contribution in [0.4, 0.5) is 0 Å². The van der Waals surface area contributed by atoms with Gasteiger partial charge in [-0.1, -0.05) is 29.1 Å². The second-order valence-corrected chi connectivity index (χ2v) is 3.01. The van der Waals surface area contributed by atoms with Crippen molar-refractivity contribution in [3.63, 3.8) is 0 Å². The van der Waals surface area contributed by atoms with Crippen LogP contribution in [0.15, 0.2) is 22.5 Å². The molecule has 0 amide bonds. The third-order valence-electron chi connectivity index (χ3n) is 0.726. The highest BCUT2D eigenvalue weighted by Crippen LogP contribution is 2.05. The van der Waals surface area contributed by atoms with Crippen LogP contribution in [0.25, 0.3) is 0 Å². The Hall–Kier alpha value is -0.0131. The van der Waals surface area contributed by atoms with Crippen molar-refractivity contribution in [3.05, 3.63) is 22.5 Å². The van der Waals surface area contributed by atoms with Crippen molar-refractivity contribution < 1.29 is 0 Å². The summed E-state index contributed by atoms with van der Waals surface area (Å²) in [5.74, 6) is 0. The van der Waals surface area contributed by atoms with Crippen molar-refractivity contribution in [1.82, 2.24) is 0 Å². The van der Waals surface area contributed by atoms with Gasteiger partial charge >= 0.3 is 0 Å². The highest BCUT2D eigenvalue weighted by atomic mass is 35.5. The summed E-state index contributed by atoms with van der Waals surface area (Å²) in [6, 6.07) is 0. The smallest absolute Gasteiger partial charge is 0.0711 e. The molecule has 6 heavy (non-hydrogen) atoms. The van der Waals surface area contributed by atoms with Crippen LogP contribution in [0.3, 0.4) is 0 Å². The average Bonchev–Trinajstić information content (AvgIpc) is 1.86. The third-order valence-corrected chi connectivity index (χ3v) is 2.45. The molecule has 0 bridgehead atoms. The minimum atomic E-state index is 0.0212. The van der Waals surface area contributed by atoms with Crippen molar-refractivity contribution in [1.29, 1.82) is 0 Å². The topological polar surface area (TPSA) is 0 Å². The maximum Gasteiger partial charge on any atom is 0.0711 e. The van der Waals surface area contributed by atoms with Gasteiger partial charge in [-0.3, -0.25) is 0 Å². The summed E-state index contributed by atoms with van der Waals surface area (Å²) in [7, 11) is 0.0212.